The highest BCUT2D eigenvalue weighted by Gasteiger charge is 2.10. The van der Waals surface area contributed by atoms with Crippen LogP contribution in [0.25, 0.3) is 10.8 Å². The predicted molar refractivity (Wildman–Crippen MR) is 69.5 cm³/mol. The second kappa shape index (κ2) is 5.20. The maximum absolute atomic E-state index is 5.22. The number of benzene rings is 1. The molecule has 0 atom stereocenters. The van der Waals surface area contributed by atoms with E-state index in [9.17, 15) is 0 Å². The standard InChI is InChI=1S/C13H16N2O3/c1-9-12-6-5-11(16-2)7-10(12)8-13(14-9)15(17-3)18-4/h5-8H,1-4H3. The smallest absolute Gasteiger partial charge is 0.184 e. The van der Waals surface area contributed by atoms with Crippen molar-refractivity contribution < 1.29 is 14.4 Å². The third-order valence-corrected chi connectivity index (χ3v) is 2.73. The van der Waals surface area contributed by atoms with Crippen LogP contribution in [0.2, 0.25) is 0 Å². The highest BCUT2D eigenvalue weighted by atomic mass is 16.9. The first kappa shape index (κ1) is 12.6. The zero-order chi connectivity index (χ0) is 13.1. The quantitative estimate of drug-likeness (QED) is 0.778. The molecular weight excluding hydrogens is 232 g/mol. The molecule has 0 bridgehead atoms. The Hall–Kier alpha value is -1.85. The van der Waals surface area contributed by atoms with Crippen molar-refractivity contribution in [3.63, 3.8) is 0 Å². The Morgan fingerprint density at radius 2 is 1.78 bits per heavy atom. The fraction of sp³-hybridized carbons (Fsp3) is 0.308. The first-order valence-electron chi connectivity index (χ1n) is 5.53. The Morgan fingerprint density at radius 3 is 2.39 bits per heavy atom. The predicted octanol–water partition coefficient (Wildman–Crippen LogP) is 2.48. The Morgan fingerprint density at radius 1 is 1.06 bits per heavy atom. The lowest BCUT2D eigenvalue weighted by molar-refractivity contribution is -0.0451. The zero-order valence-electron chi connectivity index (χ0n) is 10.9. The number of fused-ring (bicyclic) bond motifs is 1. The van der Waals surface area contributed by atoms with Gasteiger partial charge in [0.2, 0.25) is 0 Å². The van der Waals surface area contributed by atoms with Crippen LogP contribution in [0.4, 0.5) is 5.82 Å². The molecule has 0 aliphatic rings. The third kappa shape index (κ3) is 2.23. The molecule has 0 radical (unpaired) electrons. The Labute approximate surface area is 106 Å². The van der Waals surface area contributed by atoms with Gasteiger partial charge in [0.25, 0.3) is 0 Å². The number of rotatable bonds is 4. The molecule has 0 spiro atoms. The summed E-state index contributed by atoms with van der Waals surface area (Å²) < 4.78 is 5.22. The van der Waals surface area contributed by atoms with Gasteiger partial charge in [0.1, 0.15) is 5.75 Å². The number of nitrogens with zero attached hydrogens (tertiary/aromatic N) is 2. The highest BCUT2D eigenvalue weighted by molar-refractivity contribution is 5.87. The van der Waals surface area contributed by atoms with Gasteiger partial charge in [0, 0.05) is 11.1 Å². The highest BCUT2D eigenvalue weighted by Crippen LogP contribution is 2.26. The lowest BCUT2D eigenvalue weighted by Crippen LogP contribution is -2.21. The van der Waals surface area contributed by atoms with Crippen molar-refractivity contribution in [2.24, 2.45) is 0 Å². The van der Waals surface area contributed by atoms with Crippen molar-refractivity contribution in [2.45, 2.75) is 6.92 Å². The first-order chi connectivity index (χ1) is 8.69. The molecule has 0 saturated carbocycles. The summed E-state index contributed by atoms with van der Waals surface area (Å²) in [5.74, 6) is 1.40. The molecule has 5 heteroatoms. The number of aryl methyl sites for hydroxylation is 1. The van der Waals surface area contributed by atoms with Crippen molar-refractivity contribution in [1.29, 1.82) is 0 Å². The summed E-state index contributed by atoms with van der Waals surface area (Å²) in [6, 6.07) is 7.75. The van der Waals surface area contributed by atoms with Crippen LogP contribution < -0.4 is 9.96 Å². The maximum Gasteiger partial charge on any atom is 0.184 e. The van der Waals surface area contributed by atoms with Crippen LogP contribution in [0.1, 0.15) is 5.69 Å². The van der Waals surface area contributed by atoms with Crippen LogP contribution in [-0.4, -0.2) is 26.3 Å². The molecule has 1 aromatic carbocycles. The molecule has 0 unspecified atom stereocenters. The average Bonchev–Trinajstić information content (AvgIpc) is 2.39. The number of ether oxygens (including phenoxy) is 1. The fourth-order valence-electron chi connectivity index (χ4n) is 1.88. The fourth-order valence-corrected chi connectivity index (χ4v) is 1.88. The molecule has 0 fully saturated rings. The average molecular weight is 248 g/mol. The normalized spacial score (nSPS) is 10.7. The SMILES string of the molecule is COc1ccc2c(C)nc(N(OC)OC)cc2c1. The first-order valence-corrected chi connectivity index (χ1v) is 5.53. The van der Waals surface area contributed by atoms with E-state index in [0.29, 0.717) is 5.82 Å². The summed E-state index contributed by atoms with van der Waals surface area (Å²) >= 11 is 0. The van der Waals surface area contributed by atoms with Crippen molar-refractivity contribution in [3.8, 4) is 5.75 Å². The van der Waals surface area contributed by atoms with E-state index >= 15 is 0 Å². The molecule has 1 aromatic heterocycles. The molecule has 0 aliphatic heterocycles. The van der Waals surface area contributed by atoms with E-state index in [4.69, 9.17) is 14.4 Å². The van der Waals surface area contributed by atoms with Crippen molar-refractivity contribution >= 4 is 16.6 Å². The van der Waals surface area contributed by atoms with Crippen LogP contribution in [0.3, 0.4) is 0 Å². The van der Waals surface area contributed by atoms with Crippen LogP contribution in [0, 0.1) is 6.92 Å². The monoisotopic (exact) mass is 248 g/mol. The van der Waals surface area contributed by atoms with Crippen LogP contribution in [0.5, 0.6) is 5.75 Å². The zero-order valence-corrected chi connectivity index (χ0v) is 10.9. The molecule has 0 aliphatic carbocycles. The van der Waals surface area contributed by atoms with E-state index in [-0.39, 0.29) is 0 Å². The molecule has 2 aromatic rings. The molecule has 0 N–H and O–H groups in total. The van der Waals surface area contributed by atoms with Crippen molar-refractivity contribution in [2.75, 3.05) is 26.6 Å². The maximum atomic E-state index is 5.22. The van der Waals surface area contributed by atoms with Gasteiger partial charge in [-0.1, -0.05) is 0 Å². The molecule has 0 amide bonds. The molecule has 18 heavy (non-hydrogen) atoms. The Kier molecular flexibility index (Phi) is 3.64. The van der Waals surface area contributed by atoms with Gasteiger partial charge in [0.15, 0.2) is 5.82 Å². The van der Waals surface area contributed by atoms with Crippen molar-refractivity contribution in [1.82, 2.24) is 4.98 Å². The second-order valence-corrected chi connectivity index (χ2v) is 3.78. The summed E-state index contributed by atoms with van der Waals surface area (Å²) in [6.45, 7) is 1.95. The van der Waals surface area contributed by atoms with Gasteiger partial charge in [-0.05, 0) is 36.6 Å². The number of hydrogen-bond donors (Lipinski definition) is 0. The van der Waals surface area contributed by atoms with E-state index in [0.717, 1.165) is 22.2 Å². The number of aromatic nitrogens is 1. The molecule has 2 rings (SSSR count). The topological polar surface area (TPSA) is 43.8 Å². The molecule has 0 saturated heterocycles. The van der Waals surface area contributed by atoms with E-state index in [1.807, 2.05) is 31.2 Å². The largest absolute Gasteiger partial charge is 0.497 e. The van der Waals surface area contributed by atoms with E-state index in [1.165, 1.54) is 19.4 Å². The summed E-state index contributed by atoms with van der Waals surface area (Å²) in [4.78, 5) is 14.6. The summed E-state index contributed by atoms with van der Waals surface area (Å²) in [5, 5.41) is 3.36. The van der Waals surface area contributed by atoms with E-state index in [1.54, 1.807) is 7.11 Å². The van der Waals surface area contributed by atoms with Crippen LogP contribution in [0.15, 0.2) is 24.3 Å². The number of anilines is 1. The number of methoxy groups -OCH3 is 1. The second-order valence-electron chi connectivity index (χ2n) is 3.78. The van der Waals surface area contributed by atoms with E-state index < -0.39 is 0 Å². The lowest BCUT2D eigenvalue weighted by Gasteiger charge is -2.18. The molecule has 5 nitrogen and oxygen atoms in total. The minimum Gasteiger partial charge on any atom is -0.497 e. The number of hydrogen-bond acceptors (Lipinski definition) is 5. The summed E-state index contributed by atoms with van der Waals surface area (Å²) in [5.41, 5.74) is 0.907. The van der Waals surface area contributed by atoms with Gasteiger partial charge < -0.3 is 4.74 Å². The minimum atomic E-state index is 0.596. The van der Waals surface area contributed by atoms with Gasteiger partial charge >= 0.3 is 0 Å². The molecule has 96 valence electrons. The van der Waals surface area contributed by atoms with E-state index in [2.05, 4.69) is 4.98 Å². The van der Waals surface area contributed by atoms with Gasteiger partial charge in [0.05, 0.1) is 21.3 Å². The lowest BCUT2D eigenvalue weighted by atomic mass is 10.1. The third-order valence-electron chi connectivity index (χ3n) is 2.73. The summed E-state index contributed by atoms with van der Waals surface area (Å²) in [6.07, 6.45) is 0. The number of pyridine rings is 1. The van der Waals surface area contributed by atoms with Gasteiger partial charge in [-0.15, -0.1) is 5.23 Å². The molecular formula is C13H16N2O3. The van der Waals surface area contributed by atoms with Gasteiger partial charge in [-0.3, -0.25) is 9.68 Å². The Bertz CT molecular complexity index is 553. The Balaban J connectivity index is 2.58. The minimum absolute atomic E-state index is 0.596. The van der Waals surface area contributed by atoms with Gasteiger partial charge in [-0.25, -0.2) is 4.98 Å². The summed E-state index contributed by atoms with van der Waals surface area (Å²) in [7, 11) is 4.69. The van der Waals surface area contributed by atoms with Crippen LogP contribution in [-0.2, 0) is 9.68 Å². The van der Waals surface area contributed by atoms with Crippen molar-refractivity contribution in [3.05, 3.63) is 30.0 Å². The molecule has 1 heterocycles. The van der Waals surface area contributed by atoms with Gasteiger partial charge in [-0.2, -0.15) is 0 Å². The van der Waals surface area contributed by atoms with Crippen LogP contribution >= 0.6 is 0 Å².